The number of ether oxygens (including phenoxy) is 2. The summed E-state index contributed by atoms with van der Waals surface area (Å²) in [5, 5.41) is 0. The van der Waals surface area contributed by atoms with Gasteiger partial charge in [-0.05, 0) is 51.3 Å². The molecule has 0 unspecified atom stereocenters. The second-order valence-corrected chi connectivity index (χ2v) is 7.71. The summed E-state index contributed by atoms with van der Waals surface area (Å²) in [7, 11) is 0. The molecule has 0 radical (unpaired) electrons. The lowest BCUT2D eigenvalue weighted by atomic mass is 10.1. The Labute approximate surface area is 152 Å². The molecule has 2 rings (SSSR count). The molecule has 1 aliphatic heterocycles. The molecule has 1 aliphatic rings. The third kappa shape index (κ3) is 6.07. The summed E-state index contributed by atoms with van der Waals surface area (Å²) < 4.78 is 17.9. The minimum absolute atomic E-state index is 0.0483. The average Bonchev–Trinajstić information content (AvgIpc) is 2.96. The molecule has 1 aromatic rings. The Morgan fingerprint density at radius 3 is 2.71 bits per heavy atom. The maximum absolute atomic E-state index is 12.2. The minimum Gasteiger partial charge on any atom is -0.494 e. The van der Waals surface area contributed by atoms with Crippen LogP contribution in [-0.4, -0.2) is 41.1 Å². The molecule has 0 N–H and O–H groups in total. The number of nitrogens with zero attached hydrogens (tertiary/aromatic N) is 1. The van der Waals surface area contributed by atoms with Crippen molar-refractivity contribution >= 4 is 29.9 Å². The van der Waals surface area contributed by atoms with Crippen molar-refractivity contribution in [3.63, 3.8) is 0 Å². The molecule has 1 amide bonds. The van der Waals surface area contributed by atoms with Gasteiger partial charge in [0.15, 0.2) is 0 Å². The number of carbonyl (C=O) groups excluding carboxylic acids is 1. The number of rotatable bonds is 6. The van der Waals surface area contributed by atoms with Gasteiger partial charge in [-0.15, -0.1) is 11.6 Å². The van der Waals surface area contributed by atoms with E-state index < -0.39 is 5.60 Å². The average molecular weight is 374 g/mol. The van der Waals surface area contributed by atoms with E-state index in [1.807, 2.05) is 45.0 Å². The van der Waals surface area contributed by atoms with Crippen LogP contribution in [0.15, 0.2) is 24.3 Å². The van der Waals surface area contributed by atoms with Crippen LogP contribution in [0.1, 0.15) is 32.8 Å². The highest BCUT2D eigenvalue weighted by Gasteiger charge is 2.34. The van der Waals surface area contributed by atoms with Crippen molar-refractivity contribution in [3.05, 3.63) is 29.8 Å². The fourth-order valence-corrected chi connectivity index (χ4v) is 2.96. The van der Waals surface area contributed by atoms with Gasteiger partial charge in [0.05, 0.1) is 19.3 Å². The molecule has 1 atom stereocenters. The molecule has 0 saturated carbocycles. The number of alkyl halides is 1. The molecule has 0 aromatic heterocycles. The summed E-state index contributed by atoms with van der Waals surface area (Å²) in [6.45, 7) is 6.65. The van der Waals surface area contributed by atoms with E-state index in [2.05, 4.69) is 0 Å². The first kappa shape index (κ1) is 19.2. The fourth-order valence-electron chi connectivity index (χ4n) is 2.16. The molecule has 1 fully saturated rings. The maximum atomic E-state index is 12.2. The Morgan fingerprint density at radius 1 is 1.38 bits per heavy atom. The molecule has 24 heavy (non-hydrogen) atoms. The lowest BCUT2D eigenvalue weighted by Crippen LogP contribution is -2.38. The Morgan fingerprint density at radius 2 is 2.08 bits per heavy atom. The van der Waals surface area contributed by atoms with E-state index in [0.29, 0.717) is 25.5 Å². The summed E-state index contributed by atoms with van der Waals surface area (Å²) >= 11 is 6.69. The Balaban J connectivity index is 1.90. The largest absolute Gasteiger partial charge is 0.494 e. The summed E-state index contributed by atoms with van der Waals surface area (Å²) in [6, 6.07) is 7.83. The van der Waals surface area contributed by atoms with Crippen LogP contribution in [0.4, 0.5) is 4.79 Å². The molecule has 0 aliphatic carbocycles. The number of hydrogen-bond acceptors (Lipinski definition) is 5. The first-order valence-electron chi connectivity index (χ1n) is 7.98. The van der Waals surface area contributed by atoms with Gasteiger partial charge in [-0.2, -0.15) is 0 Å². The van der Waals surface area contributed by atoms with Crippen LogP contribution >= 0.6 is 23.8 Å². The van der Waals surface area contributed by atoms with E-state index in [-0.39, 0.29) is 12.1 Å². The monoisotopic (exact) mass is 373 g/mol. The van der Waals surface area contributed by atoms with Crippen molar-refractivity contribution in [1.82, 2.24) is 4.31 Å². The van der Waals surface area contributed by atoms with E-state index in [1.54, 1.807) is 4.31 Å². The van der Waals surface area contributed by atoms with Gasteiger partial charge in [0, 0.05) is 5.88 Å². The summed E-state index contributed by atoms with van der Waals surface area (Å²) in [4.78, 5) is 12.2. The van der Waals surface area contributed by atoms with Gasteiger partial charge in [0.25, 0.3) is 0 Å². The van der Waals surface area contributed by atoms with Crippen LogP contribution < -0.4 is 4.74 Å². The van der Waals surface area contributed by atoms with Gasteiger partial charge in [-0.3, -0.25) is 4.18 Å². The SMILES string of the molecule is CC(C)(C)OC(=O)N1SOC[C@@H]1Cc1ccc(OCCCCl)cc1. The number of benzene rings is 1. The van der Waals surface area contributed by atoms with E-state index >= 15 is 0 Å². The number of amides is 1. The van der Waals surface area contributed by atoms with Gasteiger partial charge in [0.2, 0.25) is 0 Å². The summed E-state index contributed by atoms with van der Waals surface area (Å²) in [5.41, 5.74) is 0.594. The zero-order valence-corrected chi connectivity index (χ0v) is 15.9. The van der Waals surface area contributed by atoms with E-state index in [0.717, 1.165) is 30.0 Å². The van der Waals surface area contributed by atoms with Gasteiger partial charge >= 0.3 is 6.09 Å². The lowest BCUT2D eigenvalue weighted by molar-refractivity contribution is 0.0368. The molecule has 7 heteroatoms. The number of halogens is 1. The Hall–Kier alpha value is -1.11. The highest BCUT2D eigenvalue weighted by molar-refractivity contribution is 7.93. The minimum atomic E-state index is -0.521. The molecular weight excluding hydrogens is 350 g/mol. The van der Waals surface area contributed by atoms with Crippen LogP contribution in [0, 0.1) is 0 Å². The van der Waals surface area contributed by atoms with Crippen LogP contribution in [0.3, 0.4) is 0 Å². The van der Waals surface area contributed by atoms with Crippen molar-refractivity contribution in [2.75, 3.05) is 19.1 Å². The fraction of sp³-hybridized carbons (Fsp3) is 0.588. The smallest absolute Gasteiger partial charge is 0.422 e. The third-order valence-corrected chi connectivity index (χ3v) is 4.36. The van der Waals surface area contributed by atoms with Crippen LogP contribution in [0.5, 0.6) is 5.75 Å². The molecule has 0 spiro atoms. The highest BCUT2D eigenvalue weighted by atomic mass is 35.5. The summed E-state index contributed by atoms with van der Waals surface area (Å²) in [6.07, 6.45) is 1.16. The van der Waals surface area contributed by atoms with E-state index in [9.17, 15) is 4.79 Å². The quantitative estimate of drug-likeness (QED) is 0.319. The third-order valence-electron chi connectivity index (χ3n) is 3.24. The van der Waals surface area contributed by atoms with Gasteiger partial charge in [-0.1, -0.05) is 12.1 Å². The highest BCUT2D eigenvalue weighted by Crippen LogP contribution is 2.29. The molecule has 0 bridgehead atoms. The standard InChI is InChI=1S/C17H24ClNO4S/c1-17(2,3)23-16(20)19-14(12-22-24-19)11-13-5-7-15(8-6-13)21-10-4-9-18/h5-8,14H,4,9-12H2,1-3H3/t14-/m0/s1. The van der Waals surface area contributed by atoms with Crippen molar-refractivity contribution in [3.8, 4) is 5.75 Å². The molecule has 1 heterocycles. The van der Waals surface area contributed by atoms with Crippen molar-refractivity contribution in [2.24, 2.45) is 0 Å². The van der Waals surface area contributed by atoms with Crippen LogP contribution in [0.2, 0.25) is 0 Å². The second-order valence-electron chi connectivity index (χ2n) is 6.56. The second kappa shape index (κ2) is 8.83. The summed E-state index contributed by atoms with van der Waals surface area (Å²) in [5.74, 6) is 1.42. The van der Waals surface area contributed by atoms with Crippen LogP contribution in [-0.2, 0) is 15.3 Å². The van der Waals surface area contributed by atoms with Crippen molar-refractivity contribution < 1.29 is 18.5 Å². The molecule has 134 valence electrons. The molecular formula is C17H24ClNO4S. The molecule has 5 nitrogen and oxygen atoms in total. The molecule has 1 saturated heterocycles. The Kier molecular flexibility index (Phi) is 7.07. The Bertz CT molecular complexity index is 532. The first-order chi connectivity index (χ1) is 11.4. The maximum Gasteiger partial charge on any atom is 0.422 e. The van der Waals surface area contributed by atoms with Crippen molar-refractivity contribution in [1.29, 1.82) is 0 Å². The van der Waals surface area contributed by atoms with Gasteiger partial charge in [0.1, 0.15) is 23.6 Å². The topological polar surface area (TPSA) is 48.0 Å². The van der Waals surface area contributed by atoms with Crippen LogP contribution in [0.25, 0.3) is 0 Å². The molecule has 1 aromatic carbocycles. The zero-order valence-electron chi connectivity index (χ0n) is 14.3. The zero-order chi connectivity index (χ0) is 17.6. The van der Waals surface area contributed by atoms with E-state index in [4.69, 9.17) is 25.3 Å². The predicted octanol–water partition coefficient (Wildman–Crippen LogP) is 4.44. The normalized spacial score (nSPS) is 17.8. The van der Waals surface area contributed by atoms with Gasteiger partial charge in [-0.25, -0.2) is 9.10 Å². The first-order valence-corrected chi connectivity index (χ1v) is 9.22. The van der Waals surface area contributed by atoms with Crippen molar-refractivity contribution in [2.45, 2.75) is 45.3 Å². The number of carbonyl (C=O) groups is 1. The lowest BCUT2D eigenvalue weighted by Gasteiger charge is -2.25. The predicted molar refractivity (Wildman–Crippen MR) is 96.4 cm³/mol. The van der Waals surface area contributed by atoms with E-state index in [1.165, 1.54) is 0 Å². The number of hydrogen-bond donors (Lipinski definition) is 0. The van der Waals surface area contributed by atoms with Gasteiger partial charge < -0.3 is 9.47 Å².